The Balaban J connectivity index is 1.75. The molecule has 1 aromatic heterocycles. The minimum atomic E-state index is -0.473. The number of benzene rings is 2. The molecule has 0 bridgehead atoms. The number of carbonyl (C=O) groups excluding carboxylic acids is 1. The van der Waals surface area contributed by atoms with Gasteiger partial charge in [-0.15, -0.1) is 0 Å². The molecule has 26 heavy (non-hydrogen) atoms. The highest BCUT2D eigenvalue weighted by molar-refractivity contribution is 5.89. The third-order valence-corrected chi connectivity index (χ3v) is 4.33. The summed E-state index contributed by atoms with van der Waals surface area (Å²) >= 11 is 0. The van der Waals surface area contributed by atoms with E-state index in [2.05, 4.69) is 15.7 Å². The molecule has 0 saturated carbocycles. The Morgan fingerprint density at radius 2 is 1.81 bits per heavy atom. The molecule has 1 atom stereocenters. The fourth-order valence-corrected chi connectivity index (χ4v) is 2.89. The summed E-state index contributed by atoms with van der Waals surface area (Å²) in [6.45, 7) is 5.86. The van der Waals surface area contributed by atoms with Crippen LogP contribution in [-0.2, 0) is 0 Å². The van der Waals surface area contributed by atoms with Crippen molar-refractivity contribution in [2.24, 2.45) is 0 Å². The number of rotatable bonds is 4. The first-order chi connectivity index (χ1) is 12.5. The van der Waals surface area contributed by atoms with Crippen LogP contribution in [0.2, 0.25) is 0 Å². The quantitative estimate of drug-likeness (QED) is 0.726. The molecule has 3 rings (SSSR count). The van der Waals surface area contributed by atoms with Crippen LogP contribution in [-0.4, -0.2) is 15.8 Å². The molecule has 0 saturated heterocycles. The van der Waals surface area contributed by atoms with Gasteiger partial charge in [0.25, 0.3) is 0 Å². The van der Waals surface area contributed by atoms with Crippen molar-refractivity contribution in [3.63, 3.8) is 0 Å². The van der Waals surface area contributed by atoms with Gasteiger partial charge in [0.15, 0.2) is 0 Å². The van der Waals surface area contributed by atoms with Crippen LogP contribution in [0.4, 0.5) is 14.9 Å². The van der Waals surface area contributed by atoms with Gasteiger partial charge in [-0.25, -0.2) is 13.9 Å². The minimum Gasteiger partial charge on any atom is -0.331 e. The van der Waals surface area contributed by atoms with Gasteiger partial charge in [0.1, 0.15) is 5.82 Å². The van der Waals surface area contributed by atoms with Gasteiger partial charge in [-0.05, 0) is 44.5 Å². The zero-order valence-electron chi connectivity index (χ0n) is 15.0. The van der Waals surface area contributed by atoms with Crippen LogP contribution in [0.3, 0.4) is 0 Å². The smallest absolute Gasteiger partial charge is 0.319 e. The summed E-state index contributed by atoms with van der Waals surface area (Å²) in [6, 6.07) is 13.3. The van der Waals surface area contributed by atoms with Gasteiger partial charge < -0.3 is 10.6 Å². The van der Waals surface area contributed by atoms with Crippen LogP contribution in [0.15, 0.2) is 54.7 Å². The van der Waals surface area contributed by atoms with E-state index in [4.69, 9.17) is 0 Å². The van der Waals surface area contributed by atoms with Crippen molar-refractivity contribution in [1.82, 2.24) is 15.1 Å². The Labute approximate surface area is 151 Å². The number of hydrogen-bond acceptors (Lipinski definition) is 2. The number of hydrogen-bond donors (Lipinski definition) is 2. The molecular weight excluding hydrogens is 331 g/mol. The van der Waals surface area contributed by atoms with Gasteiger partial charge in [0.2, 0.25) is 0 Å². The molecule has 2 amide bonds. The summed E-state index contributed by atoms with van der Waals surface area (Å²) < 4.78 is 15.5. The topological polar surface area (TPSA) is 59.0 Å². The van der Waals surface area contributed by atoms with Gasteiger partial charge in [0, 0.05) is 11.3 Å². The molecule has 0 aliphatic heterocycles. The van der Waals surface area contributed by atoms with E-state index < -0.39 is 11.8 Å². The van der Waals surface area contributed by atoms with Gasteiger partial charge in [-0.2, -0.15) is 5.10 Å². The van der Waals surface area contributed by atoms with Crippen LogP contribution in [0.1, 0.15) is 29.8 Å². The molecule has 0 spiro atoms. The van der Waals surface area contributed by atoms with Crippen molar-refractivity contribution in [3.05, 3.63) is 77.4 Å². The largest absolute Gasteiger partial charge is 0.331 e. The lowest BCUT2D eigenvalue weighted by molar-refractivity contribution is 0.249. The molecule has 2 aromatic carbocycles. The standard InChI is InChI=1S/C20H21FN4O/c1-13-8-4-7-11-19(13)25-15(3)16(12-22-25)14(2)23-20(26)24-18-10-6-5-9-17(18)21/h4-12,14H,1-3H3,(H2,23,24,26). The predicted molar refractivity (Wildman–Crippen MR) is 100 cm³/mol. The molecule has 0 fully saturated rings. The van der Waals surface area contributed by atoms with E-state index in [1.165, 1.54) is 12.1 Å². The number of nitrogens with zero attached hydrogens (tertiary/aromatic N) is 2. The van der Waals surface area contributed by atoms with Crippen molar-refractivity contribution >= 4 is 11.7 Å². The number of carbonyl (C=O) groups is 1. The Hall–Kier alpha value is -3.15. The third kappa shape index (κ3) is 3.59. The molecule has 2 N–H and O–H groups in total. The summed E-state index contributed by atoms with van der Waals surface area (Å²) in [4.78, 5) is 12.2. The summed E-state index contributed by atoms with van der Waals surface area (Å²) in [5.74, 6) is -0.473. The lowest BCUT2D eigenvalue weighted by atomic mass is 10.1. The maximum absolute atomic E-state index is 13.6. The van der Waals surface area contributed by atoms with Crippen molar-refractivity contribution < 1.29 is 9.18 Å². The first-order valence-electron chi connectivity index (χ1n) is 8.40. The fraction of sp³-hybridized carbons (Fsp3) is 0.200. The average molecular weight is 352 g/mol. The second kappa shape index (κ2) is 7.39. The summed E-state index contributed by atoms with van der Waals surface area (Å²) in [6.07, 6.45) is 1.75. The van der Waals surface area contributed by atoms with Crippen LogP contribution in [0.25, 0.3) is 5.69 Å². The first-order valence-corrected chi connectivity index (χ1v) is 8.40. The van der Waals surface area contributed by atoms with Crippen molar-refractivity contribution in [1.29, 1.82) is 0 Å². The monoisotopic (exact) mass is 352 g/mol. The third-order valence-electron chi connectivity index (χ3n) is 4.33. The van der Waals surface area contributed by atoms with E-state index in [-0.39, 0.29) is 11.7 Å². The Morgan fingerprint density at radius 1 is 1.12 bits per heavy atom. The normalized spacial score (nSPS) is 11.8. The molecule has 1 unspecified atom stereocenters. The van der Waals surface area contributed by atoms with Crippen molar-refractivity contribution in [3.8, 4) is 5.69 Å². The second-order valence-electron chi connectivity index (χ2n) is 6.18. The van der Waals surface area contributed by atoms with E-state index in [9.17, 15) is 9.18 Å². The molecule has 0 aliphatic carbocycles. The summed E-state index contributed by atoms with van der Waals surface area (Å²) in [5, 5.41) is 9.81. The molecule has 5 nitrogen and oxygen atoms in total. The number of anilines is 1. The Kier molecular flexibility index (Phi) is 5.02. The molecule has 0 aliphatic rings. The zero-order valence-corrected chi connectivity index (χ0v) is 15.0. The van der Waals surface area contributed by atoms with E-state index in [0.717, 1.165) is 22.5 Å². The molecule has 134 valence electrons. The first kappa shape index (κ1) is 17.7. The highest BCUT2D eigenvalue weighted by atomic mass is 19.1. The molecule has 6 heteroatoms. The number of urea groups is 1. The molecule has 3 aromatic rings. The van der Waals surface area contributed by atoms with E-state index in [1.54, 1.807) is 18.3 Å². The number of halogens is 1. The minimum absolute atomic E-state index is 0.143. The highest BCUT2D eigenvalue weighted by Gasteiger charge is 2.17. The number of nitrogens with one attached hydrogen (secondary N) is 2. The van der Waals surface area contributed by atoms with Crippen molar-refractivity contribution in [2.75, 3.05) is 5.32 Å². The van der Waals surface area contributed by atoms with Gasteiger partial charge in [0.05, 0.1) is 23.6 Å². The van der Waals surface area contributed by atoms with E-state index >= 15 is 0 Å². The van der Waals surface area contributed by atoms with Crippen LogP contribution in [0.5, 0.6) is 0 Å². The summed E-state index contributed by atoms with van der Waals surface area (Å²) in [5.41, 5.74) is 4.10. The lowest BCUT2D eigenvalue weighted by Crippen LogP contribution is -2.31. The van der Waals surface area contributed by atoms with E-state index in [0.29, 0.717) is 0 Å². The number of aryl methyl sites for hydroxylation is 1. The maximum atomic E-state index is 13.6. The second-order valence-corrected chi connectivity index (χ2v) is 6.18. The Bertz CT molecular complexity index is 935. The predicted octanol–water partition coefficient (Wildman–Crippen LogP) is 4.51. The number of amides is 2. The van der Waals surface area contributed by atoms with Gasteiger partial charge in [-0.3, -0.25) is 0 Å². The lowest BCUT2D eigenvalue weighted by Gasteiger charge is -2.15. The van der Waals surface area contributed by atoms with Crippen molar-refractivity contribution in [2.45, 2.75) is 26.8 Å². The number of aromatic nitrogens is 2. The van der Waals surface area contributed by atoms with Gasteiger partial charge in [-0.1, -0.05) is 30.3 Å². The molecular formula is C20H21FN4O. The zero-order chi connectivity index (χ0) is 18.7. The van der Waals surface area contributed by atoms with E-state index in [1.807, 2.05) is 49.7 Å². The molecule has 1 heterocycles. The fourth-order valence-electron chi connectivity index (χ4n) is 2.89. The SMILES string of the molecule is Cc1ccccc1-n1ncc(C(C)NC(=O)Nc2ccccc2F)c1C. The van der Waals surface area contributed by atoms with Crippen LogP contribution < -0.4 is 10.6 Å². The average Bonchev–Trinajstić information content (AvgIpc) is 2.99. The summed E-state index contributed by atoms with van der Waals surface area (Å²) in [7, 11) is 0. The molecule has 0 radical (unpaired) electrons. The highest BCUT2D eigenvalue weighted by Crippen LogP contribution is 2.22. The van der Waals surface area contributed by atoms with Gasteiger partial charge >= 0.3 is 6.03 Å². The maximum Gasteiger partial charge on any atom is 0.319 e. The van der Waals surface area contributed by atoms with Crippen LogP contribution >= 0.6 is 0 Å². The number of para-hydroxylation sites is 2. The van der Waals surface area contributed by atoms with Crippen LogP contribution in [0, 0.1) is 19.7 Å². The Morgan fingerprint density at radius 3 is 2.54 bits per heavy atom.